The highest BCUT2D eigenvalue weighted by atomic mass is 32.2. The quantitative estimate of drug-likeness (QED) is 0.501. The summed E-state index contributed by atoms with van der Waals surface area (Å²) >= 11 is 1.06. The molecule has 0 aliphatic carbocycles. The second kappa shape index (κ2) is 7.30. The normalized spacial score (nSPS) is 11.1. The molecule has 0 atom stereocenters. The number of thioether (sulfide) groups is 1. The zero-order valence-corrected chi connectivity index (χ0v) is 12.7. The first kappa shape index (κ1) is 17.7. The number of amides is 1. The van der Waals surface area contributed by atoms with Crippen molar-refractivity contribution >= 4 is 29.0 Å². The van der Waals surface area contributed by atoms with Crippen LogP contribution in [0.25, 0.3) is 0 Å². The van der Waals surface area contributed by atoms with Gasteiger partial charge in [0.1, 0.15) is 0 Å². The first-order valence-corrected chi connectivity index (χ1v) is 7.45. The van der Waals surface area contributed by atoms with Crippen LogP contribution in [-0.2, 0) is 11.0 Å². The molecule has 2 rings (SSSR count). The summed E-state index contributed by atoms with van der Waals surface area (Å²) < 4.78 is 39.0. The molecule has 0 bridgehead atoms. The first-order valence-electron chi connectivity index (χ1n) is 6.46. The lowest BCUT2D eigenvalue weighted by molar-refractivity contribution is -0.385. The molecule has 0 spiro atoms. The molecule has 0 fully saturated rings. The van der Waals surface area contributed by atoms with Crippen molar-refractivity contribution < 1.29 is 22.9 Å². The van der Waals surface area contributed by atoms with Crippen molar-refractivity contribution in [3.05, 3.63) is 58.3 Å². The second-order valence-electron chi connectivity index (χ2n) is 4.49. The predicted molar refractivity (Wildman–Crippen MR) is 81.7 cm³/mol. The Kier molecular flexibility index (Phi) is 5.39. The fourth-order valence-electron chi connectivity index (χ4n) is 1.75. The standard InChI is InChI=1S/C14H10F3N3O3S/c15-14(16,17)10-7-9(20(22)23)4-5-11(10)19-12(21)8-24-13-3-1-2-6-18-13/h1-7H,8H2,(H,19,21). The zero-order chi connectivity index (χ0) is 17.7. The molecule has 0 aliphatic rings. The molecular weight excluding hydrogens is 347 g/mol. The summed E-state index contributed by atoms with van der Waals surface area (Å²) in [6.45, 7) is 0. The fraction of sp³-hybridized carbons (Fsp3) is 0.143. The van der Waals surface area contributed by atoms with Gasteiger partial charge in [0.2, 0.25) is 5.91 Å². The molecular formula is C14H10F3N3O3S. The van der Waals surface area contributed by atoms with Crippen LogP contribution in [0, 0.1) is 10.1 Å². The van der Waals surface area contributed by atoms with E-state index in [-0.39, 0.29) is 5.75 Å². The maximum absolute atomic E-state index is 13.0. The van der Waals surface area contributed by atoms with Gasteiger partial charge in [0.25, 0.3) is 5.69 Å². The minimum Gasteiger partial charge on any atom is -0.325 e. The molecule has 0 saturated carbocycles. The highest BCUT2D eigenvalue weighted by Crippen LogP contribution is 2.37. The van der Waals surface area contributed by atoms with Crippen LogP contribution in [0.3, 0.4) is 0 Å². The topological polar surface area (TPSA) is 85.1 Å². The van der Waals surface area contributed by atoms with E-state index in [1.807, 2.05) is 0 Å². The van der Waals surface area contributed by atoms with Crippen LogP contribution in [-0.4, -0.2) is 21.6 Å². The average molecular weight is 357 g/mol. The monoisotopic (exact) mass is 357 g/mol. The van der Waals surface area contributed by atoms with E-state index in [1.165, 1.54) is 6.20 Å². The number of rotatable bonds is 5. The summed E-state index contributed by atoms with van der Waals surface area (Å²) in [4.78, 5) is 25.5. The smallest absolute Gasteiger partial charge is 0.325 e. The Morgan fingerprint density at radius 1 is 1.29 bits per heavy atom. The number of hydrogen-bond donors (Lipinski definition) is 1. The summed E-state index contributed by atoms with van der Waals surface area (Å²) in [6, 6.07) is 7.22. The number of hydrogen-bond acceptors (Lipinski definition) is 5. The van der Waals surface area contributed by atoms with Crippen LogP contribution in [0.4, 0.5) is 24.5 Å². The van der Waals surface area contributed by atoms with Crippen molar-refractivity contribution in [1.29, 1.82) is 0 Å². The van der Waals surface area contributed by atoms with Crippen molar-refractivity contribution in [1.82, 2.24) is 4.98 Å². The third kappa shape index (κ3) is 4.69. The van der Waals surface area contributed by atoms with Crippen molar-refractivity contribution in [2.24, 2.45) is 0 Å². The van der Waals surface area contributed by atoms with Crippen LogP contribution in [0.15, 0.2) is 47.6 Å². The van der Waals surface area contributed by atoms with Gasteiger partial charge in [-0.25, -0.2) is 4.98 Å². The molecule has 1 aromatic carbocycles. The number of nitrogens with one attached hydrogen (secondary N) is 1. The molecule has 0 aliphatic heterocycles. The molecule has 1 amide bonds. The number of nitrogens with zero attached hydrogens (tertiary/aromatic N) is 2. The Morgan fingerprint density at radius 2 is 2.04 bits per heavy atom. The largest absolute Gasteiger partial charge is 0.418 e. The second-order valence-corrected chi connectivity index (χ2v) is 5.49. The van der Waals surface area contributed by atoms with Crippen LogP contribution in [0.1, 0.15) is 5.56 Å². The molecule has 0 unspecified atom stereocenters. The van der Waals surface area contributed by atoms with Gasteiger partial charge >= 0.3 is 6.18 Å². The average Bonchev–Trinajstić information content (AvgIpc) is 2.53. The Bertz CT molecular complexity index is 754. The Hall–Kier alpha value is -2.62. The number of aromatic nitrogens is 1. The van der Waals surface area contributed by atoms with Crippen molar-refractivity contribution in [2.75, 3.05) is 11.1 Å². The van der Waals surface area contributed by atoms with Crippen molar-refractivity contribution in [3.63, 3.8) is 0 Å². The highest BCUT2D eigenvalue weighted by molar-refractivity contribution is 7.99. The molecule has 2 aromatic rings. The number of benzene rings is 1. The summed E-state index contributed by atoms with van der Waals surface area (Å²) in [6.07, 6.45) is -3.30. The number of alkyl halides is 3. The predicted octanol–water partition coefficient (Wildman–Crippen LogP) is 3.74. The number of pyridine rings is 1. The van der Waals surface area contributed by atoms with Gasteiger partial charge in [0.15, 0.2) is 0 Å². The number of carbonyl (C=O) groups excluding carboxylic acids is 1. The number of halogens is 3. The van der Waals surface area contributed by atoms with Gasteiger partial charge in [-0.15, -0.1) is 0 Å². The third-order valence-electron chi connectivity index (χ3n) is 2.78. The lowest BCUT2D eigenvalue weighted by atomic mass is 10.1. The number of nitro groups is 1. The van der Waals surface area contributed by atoms with E-state index in [2.05, 4.69) is 10.3 Å². The fourth-order valence-corrected chi connectivity index (χ4v) is 2.41. The van der Waals surface area contributed by atoms with Gasteiger partial charge in [-0.3, -0.25) is 14.9 Å². The summed E-state index contributed by atoms with van der Waals surface area (Å²) in [5.74, 6) is -0.823. The SMILES string of the molecule is O=C(CSc1ccccn1)Nc1ccc([N+](=O)[O-])cc1C(F)(F)F. The molecule has 1 heterocycles. The van der Waals surface area contributed by atoms with E-state index >= 15 is 0 Å². The van der Waals surface area contributed by atoms with E-state index in [0.29, 0.717) is 11.1 Å². The van der Waals surface area contributed by atoms with E-state index < -0.39 is 33.9 Å². The first-order chi connectivity index (χ1) is 11.3. The molecule has 10 heteroatoms. The molecule has 126 valence electrons. The number of nitro benzene ring substituents is 1. The van der Waals surface area contributed by atoms with Crippen LogP contribution in [0.2, 0.25) is 0 Å². The van der Waals surface area contributed by atoms with E-state index in [0.717, 1.165) is 23.9 Å². The van der Waals surface area contributed by atoms with Gasteiger partial charge in [0.05, 0.1) is 27.0 Å². The number of non-ortho nitro benzene ring substituents is 1. The van der Waals surface area contributed by atoms with Crippen LogP contribution < -0.4 is 5.32 Å². The minimum atomic E-state index is -4.83. The Balaban J connectivity index is 2.13. The minimum absolute atomic E-state index is 0.148. The van der Waals surface area contributed by atoms with Gasteiger partial charge in [-0.1, -0.05) is 17.8 Å². The van der Waals surface area contributed by atoms with Crippen LogP contribution in [0.5, 0.6) is 0 Å². The van der Waals surface area contributed by atoms with Gasteiger partial charge < -0.3 is 5.32 Å². The third-order valence-corrected chi connectivity index (χ3v) is 3.73. The molecule has 0 radical (unpaired) electrons. The lowest BCUT2D eigenvalue weighted by Gasteiger charge is -2.13. The van der Waals surface area contributed by atoms with Gasteiger partial charge in [-0.05, 0) is 18.2 Å². The van der Waals surface area contributed by atoms with E-state index in [9.17, 15) is 28.1 Å². The maximum Gasteiger partial charge on any atom is 0.418 e. The highest BCUT2D eigenvalue weighted by Gasteiger charge is 2.35. The molecule has 6 nitrogen and oxygen atoms in total. The zero-order valence-electron chi connectivity index (χ0n) is 11.9. The van der Waals surface area contributed by atoms with Gasteiger partial charge in [0, 0.05) is 18.3 Å². The Labute approximate surface area is 138 Å². The van der Waals surface area contributed by atoms with Crippen molar-refractivity contribution in [2.45, 2.75) is 11.2 Å². The molecule has 24 heavy (non-hydrogen) atoms. The van der Waals surface area contributed by atoms with Crippen LogP contribution >= 0.6 is 11.8 Å². The summed E-state index contributed by atoms with van der Waals surface area (Å²) in [5.41, 5.74) is -2.50. The maximum atomic E-state index is 13.0. The summed E-state index contributed by atoms with van der Waals surface area (Å²) in [7, 11) is 0. The van der Waals surface area contributed by atoms with Gasteiger partial charge in [-0.2, -0.15) is 13.2 Å². The van der Waals surface area contributed by atoms with E-state index in [1.54, 1.807) is 18.2 Å². The van der Waals surface area contributed by atoms with E-state index in [4.69, 9.17) is 0 Å². The molecule has 0 saturated heterocycles. The molecule has 1 N–H and O–H groups in total. The molecule has 1 aromatic heterocycles. The number of carbonyl (C=O) groups is 1. The Morgan fingerprint density at radius 3 is 2.62 bits per heavy atom. The van der Waals surface area contributed by atoms with Crippen molar-refractivity contribution in [3.8, 4) is 0 Å². The number of anilines is 1. The summed E-state index contributed by atoms with van der Waals surface area (Å²) in [5, 5.41) is 13.3. The lowest BCUT2D eigenvalue weighted by Crippen LogP contribution is -2.18.